The molecule has 2 aliphatic rings. The molecular weight excluding hydrogens is 194 g/mol. The van der Waals surface area contributed by atoms with Crippen LogP contribution < -0.4 is 0 Å². The lowest BCUT2D eigenvalue weighted by Crippen LogP contribution is -2.48. The molecule has 0 amide bonds. The van der Waals surface area contributed by atoms with E-state index < -0.39 is 16.1 Å². The zero-order valence-corrected chi connectivity index (χ0v) is 8.03. The molecule has 5 nitrogen and oxygen atoms in total. The molecule has 2 rings (SSSR count). The van der Waals surface area contributed by atoms with Gasteiger partial charge in [-0.05, 0) is 6.42 Å². The van der Waals surface area contributed by atoms with Gasteiger partial charge in [0.2, 0.25) is 10.0 Å². The van der Waals surface area contributed by atoms with E-state index in [2.05, 4.69) is 0 Å². The zero-order valence-electron chi connectivity index (χ0n) is 7.22. The van der Waals surface area contributed by atoms with E-state index in [0.29, 0.717) is 26.2 Å². The molecule has 76 valence electrons. The maximum Gasteiger partial charge on any atom is 0.221 e. The summed E-state index contributed by atoms with van der Waals surface area (Å²) in [6.07, 6.45) is 0.0584. The number of sulfonamides is 1. The molecule has 2 aliphatic heterocycles. The van der Waals surface area contributed by atoms with Crippen molar-refractivity contribution in [2.24, 2.45) is 0 Å². The molecule has 1 atom stereocenters. The summed E-state index contributed by atoms with van der Waals surface area (Å²) >= 11 is 0. The Labute approximate surface area is 77.3 Å². The van der Waals surface area contributed by atoms with Gasteiger partial charge in [0, 0.05) is 13.1 Å². The van der Waals surface area contributed by atoms with Crippen molar-refractivity contribution in [1.29, 1.82) is 0 Å². The minimum atomic E-state index is -3.19. The van der Waals surface area contributed by atoms with Crippen molar-refractivity contribution >= 4 is 10.0 Å². The van der Waals surface area contributed by atoms with Crippen LogP contribution in [0.5, 0.6) is 0 Å². The van der Waals surface area contributed by atoms with Crippen LogP contribution in [-0.2, 0) is 14.8 Å². The van der Waals surface area contributed by atoms with Gasteiger partial charge in [-0.2, -0.15) is 4.31 Å². The quantitative estimate of drug-likeness (QED) is 0.616. The van der Waals surface area contributed by atoms with Gasteiger partial charge in [-0.15, -0.1) is 0 Å². The molecule has 0 aromatic heterocycles. The van der Waals surface area contributed by atoms with Crippen LogP contribution in [0.25, 0.3) is 0 Å². The summed E-state index contributed by atoms with van der Waals surface area (Å²) in [5.41, 5.74) is 0. The number of rotatable bonds is 2. The molecule has 0 aromatic carbocycles. The molecule has 1 N–H and O–H groups in total. The zero-order chi connectivity index (χ0) is 9.47. The first-order chi connectivity index (χ1) is 6.10. The lowest BCUT2D eigenvalue weighted by Gasteiger charge is -2.29. The number of ether oxygens (including phenoxy) is 1. The molecule has 0 bridgehead atoms. The van der Waals surface area contributed by atoms with Crippen molar-refractivity contribution in [1.82, 2.24) is 4.31 Å². The average Bonchev–Trinajstić information content (AvgIpc) is 2.30. The van der Waals surface area contributed by atoms with Crippen molar-refractivity contribution < 1.29 is 18.3 Å². The molecule has 13 heavy (non-hydrogen) atoms. The molecule has 2 heterocycles. The highest BCUT2D eigenvalue weighted by molar-refractivity contribution is 7.89. The van der Waals surface area contributed by atoms with E-state index in [-0.39, 0.29) is 11.8 Å². The van der Waals surface area contributed by atoms with E-state index in [1.165, 1.54) is 4.31 Å². The number of hydrogen-bond acceptors (Lipinski definition) is 4. The Balaban J connectivity index is 2.06. The summed E-state index contributed by atoms with van der Waals surface area (Å²) in [6.45, 7) is 1.29. The van der Waals surface area contributed by atoms with Crippen molar-refractivity contribution in [3.63, 3.8) is 0 Å². The van der Waals surface area contributed by atoms with Crippen LogP contribution in [0, 0.1) is 0 Å². The monoisotopic (exact) mass is 207 g/mol. The van der Waals surface area contributed by atoms with E-state index in [4.69, 9.17) is 4.74 Å². The Hall–Kier alpha value is -0.170. The molecule has 0 unspecified atom stereocenters. The van der Waals surface area contributed by atoms with Gasteiger partial charge < -0.3 is 9.84 Å². The predicted octanol–water partition coefficient (Wildman–Crippen LogP) is -1.22. The normalized spacial score (nSPS) is 31.9. The fourth-order valence-electron chi connectivity index (χ4n) is 1.54. The molecular formula is C7H13NO4S. The fourth-order valence-corrected chi connectivity index (χ4v) is 3.24. The summed E-state index contributed by atoms with van der Waals surface area (Å²) in [7, 11) is -3.19. The van der Waals surface area contributed by atoms with E-state index in [0.717, 1.165) is 0 Å². The van der Waals surface area contributed by atoms with E-state index in [1.807, 2.05) is 0 Å². The van der Waals surface area contributed by atoms with Crippen molar-refractivity contribution in [2.75, 3.05) is 26.3 Å². The van der Waals surface area contributed by atoms with Gasteiger partial charge in [-0.25, -0.2) is 8.42 Å². The summed E-state index contributed by atoms with van der Waals surface area (Å²) in [5, 5.41) is 8.82. The number of aliphatic hydroxyl groups excluding tert-OH is 1. The van der Waals surface area contributed by atoms with Crippen LogP contribution in [0.15, 0.2) is 0 Å². The standard InChI is InChI=1S/C7H13NO4S/c9-6-1-2-8(3-6)13(10,11)7-4-12-5-7/h6-7,9H,1-5H2/t6-/m0/s1. The first-order valence-electron chi connectivity index (χ1n) is 4.35. The van der Waals surface area contributed by atoms with Gasteiger partial charge in [-0.3, -0.25) is 0 Å². The highest BCUT2D eigenvalue weighted by Gasteiger charge is 2.40. The van der Waals surface area contributed by atoms with E-state index in [9.17, 15) is 13.5 Å². The first-order valence-corrected chi connectivity index (χ1v) is 5.86. The Morgan fingerprint density at radius 2 is 2.08 bits per heavy atom. The van der Waals surface area contributed by atoms with Crippen molar-refractivity contribution in [3.05, 3.63) is 0 Å². The van der Waals surface area contributed by atoms with Crippen LogP contribution in [0.3, 0.4) is 0 Å². The Morgan fingerprint density at radius 3 is 2.46 bits per heavy atom. The first kappa shape index (κ1) is 9.39. The molecule has 0 radical (unpaired) electrons. The molecule has 2 fully saturated rings. The third kappa shape index (κ3) is 1.59. The van der Waals surface area contributed by atoms with Gasteiger partial charge in [0.1, 0.15) is 5.25 Å². The third-order valence-corrected chi connectivity index (χ3v) is 4.68. The number of nitrogens with zero attached hydrogens (tertiary/aromatic N) is 1. The average molecular weight is 207 g/mol. The SMILES string of the molecule is O=S(=O)(C1COC1)N1CC[C@H](O)C1. The van der Waals surface area contributed by atoms with Gasteiger partial charge in [0.05, 0.1) is 19.3 Å². The maximum atomic E-state index is 11.7. The highest BCUT2D eigenvalue weighted by Crippen LogP contribution is 2.21. The van der Waals surface area contributed by atoms with Crippen LogP contribution in [0.1, 0.15) is 6.42 Å². The van der Waals surface area contributed by atoms with Gasteiger partial charge in [0.25, 0.3) is 0 Å². The van der Waals surface area contributed by atoms with Gasteiger partial charge in [-0.1, -0.05) is 0 Å². The molecule has 0 aromatic rings. The van der Waals surface area contributed by atoms with Gasteiger partial charge >= 0.3 is 0 Å². The maximum absolute atomic E-state index is 11.7. The molecule has 0 saturated carbocycles. The van der Waals surface area contributed by atoms with E-state index >= 15 is 0 Å². The lowest BCUT2D eigenvalue weighted by atomic mass is 10.3. The third-order valence-electron chi connectivity index (χ3n) is 2.51. The van der Waals surface area contributed by atoms with Crippen LogP contribution in [0.4, 0.5) is 0 Å². The molecule has 6 heteroatoms. The molecule has 2 saturated heterocycles. The molecule has 0 aliphatic carbocycles. The molecule has 0 spiro atoms. The Kier molecular flexibility index (Phi) is 2.31. The second-order valence-electron chi connectivity index (χ2n) is 3.50. The topological polar surface area (TPSA) is 66.8 Å². The second kappa shape index (κ2) is 3.20. The second-order valence-corrected chi connectivity index (χ2v) is 5.72. The van der Waals surface area contributed by atoms with Crippen LogP contribution in [0.2, 0.25) is 0 Å². The number of aliphatic hydroxyl groups is 1. The summed E-state index contributed by atoms with van der Waals surface area (Å²) in [4.78, 5) is 0. The van der Waals surface area contributed by atoms with Crippen LogP contribution in [-0.4, -0.2) is 55.5 Å². The lowest BCUT2D eigenvalue weighted by molar-refractivity contribution is 0.0393. The van der Waals surface area contributed by atoms with Crippen molar-refractivity contribution in [3.8, 4) is 0 Å². The number of hydrogen-bond donors (Lipinski definition) is 1. The smallest absolute Gasteiger partial charge is 0.221 e. The fraction of sp³-hybridized carbons (Fsp3) is 1.00. The summed E-state index contributed by atoms with van der Waals surface area (Å²) in [5.74, 6) is 0. The van der Waals surface area contributed by atoms with Crippen LogP contribution >= 0.6 is 0 Å². The van der Waals surface area contributed by atoms with Crippen molar-refractivity contribution in [2.45, 2.75) is 17.8 Å². The summed E-state index contributed by atoms with van der Waals surface area (Å²) in [6, 6.07) is 0. The number of β-amino-alcohol motifs (C(OH)–C–C–N with tert-alkyl or cyclic N) is 1. The predicted molar refractivity (Wildman–Crippen MR) is 45.7 cm³/mol. The highest BCUT2D eigenvalue weighted by atomic mass is 32.2. The summed E-state index contributed by atoms with van der Waals surface area (Å²) < 4.78 is 29.6. The minimum absolute atomic E-state index is 0.249. The largest absolute Gasteiger partial charge is 0.392 e. The minimum Gasteiger partial charge on any atom is -0.392 e. The van der Waals surface area contributed by atoms with E-state index in [1.54, 1.807) is 0 Å². The Morgan fingerprint density at radius 1 is 1.38 bits per heavy atom. The van der Waals surface area contributed by atoms with Gasteiger partial charge in [0.15, 0.2) is 0 Å². The Bertz CT molecular complexity index is 285.